The van der Waals surface area contributed by atoms with E-state index in [1.54, 1.807) is 0 Å². The van der Waals surface area contributed by atoms with Crippen molar-refractivity contribution in [3.8, 4) is 0 Å². The Balaban J connectivity index is 0.00000441. The predicted octanol–water partition coefficient (Wildman–Crippen LogP) is 5.63. The van der Waals surface area contributed by atoms with Crippen LogP contribution in [0.2, 0.25) is 0 Å². The Morgan fingerprint density at radius 1 is 0.955 bits per heavy atom. The van der Waals surface area contributed by atoms with Crippen molar-refractivity contribution in [3.05, 3.63) is 0 Å². The first-order valence-electron chi connectivity index (χ1n) is 9.96. The van der Waals surface area contributed by atoms with E-state index in [1.165, 1.54) is 89.9 Å². The second kappa shape index (κ2) is 12.4. The Morgan fingerprint density at radius 3 is 2.18 bits per heavy atom. The van der Waals surface area contributed by atoms with Gasteiger partial charge in [-0.15, -0.1) is 0 Å². The van der Waals surface area contributed by atoms with Crippen molar-refractivity contribution in [1.82, 2.24) is 0 Å². The molecule has 2 nitrogen and oxygen atoms in total. The molecule has 0 aromatic rings. The number of unbranched alkanes of at least 4 members (excludes halogenated alkanes) is 6. The standard InChI is InChI=1S/C20H41N.H2O/c1-4-7-8-9-10-11-12-16-19(21)20(6-3)17-14-13-15-18(20)5-2;/h18-19H,4-17,21H2,1-3H3;1H2. The third-order valence-electron chi connectivity index (χ3n) is 6.27. The Morgan fingerprint density at radius 2 is 1.59 bits per heavy atom. The van der Waals surface area contributed by atoms with Gasteiger partial charge in [-0.25, -0.2) is 0 Å². The van der Waals surface area contributed by atoms with Crippen molar-refractivity contribution in [3.63, 3.8) is 0 Å². The molecule has 0 aliphatic heterocycles. The van der Waals surface area contributed by atoms with Gasteiger partial charge in [-0.1, -0.05) is 85.0 Å². The van der Waals surface area contributed by atoms with Gasteiger partial charge in [-0.05, 0) is 37.0 Å². The average molecular weight is 314 g/mol. The van der Waals surface area contributed by atoms with E-state index in [2.05, 4.69) is 20.8 Å². The number of hydrogen-bond donors (Lipinski definition) is 1. The molecule has 0 aromatic carbocycles. The van der Waals surface area contributed by atoms with Gasteiger partial charge in [0.05, 0.1) is 0 Å². The average Bonchev–Trinajstić information content (AvgIpc) is 2.53. The molecule has 0 aromatic heterocycles. The summed E-state index contributed by atoms with van der Waals surface area (Å²) in [5, 5.41) is 0. The third-order valence-corrected chi connectivity index (χ3v) is 6.27. The van der Waals surface area contributed by atoms with Crippen LogP contribution in [0.4, 0.5) is 0 Å². The fourth-order valence-corrected chi connectivity index (χ4v) is 4.77. The first kappa shape index (κ1) is 21.9. The van der Waals surface area contributed by atoms with Gasteiger partial charge >= 0.3 is 0 Å². The molecule has 134 valence electrons. The van der Waals surface area contributed by atoms with Crippen LogP contribution < -0.4 is 5.73 Å². The zero-order valence-electron chi connectivity index (χ0n) is 15.6. The normalized spacial score (nSPS) is 26.5. The molecule has 0 radical (unpaired) electrons. The van der Waals surface area contributed by atoms with Crippen LogP contribution in [0.5, 0.6) is 0 Å². The molecule has 0 heterocycles. The molecule has 1 aliphatic carbocycles. The van der Waals surface area contributed by atoms with E-state index in [4.69, 9.17) is 5.73 Å². The number of nitrogens with two attached hydrogens (primary N) is 1. The number of rotatable bonds is 11. The molecule has 3 atom stereocenters. The van der Waals surface area contributed by atoms with Gasteiger partial charge in [0.2, 0.25) is 0 Å². The minimum absolute atomic E-state index is 0. The van der Waals surface area contributed by atoms with E-state index < -0.39 is 0 Å². The van der Waals surface area contributed by atoms with E-state index in [-0.39, 0.29) is 5.48 Å². The first-order chi connectivity index (χ1) is 10.2. The monoisotopic (exact) mass is 313 g/mol. The van der Waals surface area contributed by atoms with Gasteiger partial charge in [0.25, 0.3) is 0 Å². The smallest absolute Gasteiger partial charge is 0.00981 e. The van der Waals surface area contributed by atoms with Crippen LogP contribution in [-0.4, -0.2) is 11.5 Å². The molecule has 1 fully saturated rings. The van der Waals surface area contributed by atoms with Crippen molar-refractivity contribution in [2.75, 3.05) is 0 Å². The maximum absolute atomic E-state index is 6.72. The van der Waals surface area contributed by atoms with Gasteiger partial charge in [0.1, 0.15) is 0 Å². The lowest BCUT2D eigenvalue weighted by Crippen LogP contribution is -2.48. The molecule has 1 aliphatic rings. The minimum atomic E-state index is 0. The largest absolute Gasteiger partial charge is 0.412 e. The third kappa shape index (κ3) is 6.20. The summed E-state index contributed by atoms with van der Waals surface area (Å²) in [5.41, 5.74) is 7.19. The Hall–Kier alpha value is -0.0800. The SMILES string of the molecule is CCCCCCCCCC(N)C1(CC)CCCCC1CC.O. The topological polar surface area (TPSA) is 57.5 Å². The van der Waals surface area contributed by atoms with E-state index >= 15 is 0 Å². The molecule has 0 spiro atoms. The highest BCUT2D eigenvalue weighted by molar-refractivity contribution is 4.95. The quantitative estimate of drug-likeness (QED) is 0.494. The summed E-state index contributed by atoms with van der Waals surface area (Å²) in [6.45, 7) is 7.05. The zero-order chi connectivity index (χ0) is 15.6. The van der Waals surface area contributed by atoms with E-state index in [9.17, 15) is 0 Å². The van der Waals surface area contributed by atoms with Crippen LogP contribution in [0, 0.1) is 11.3 Å². The van der Waals surface area contributed by atoms with Gasteiger partial charge in [0.15, 0.2) is 0 Å². The zero-order valence-corrected chi connectivity index (χ0v) is 15.6. The van der Waals surface area contributed by atoms with E-state index in [0.29, 0.717) is 11.5 Å². The molecule has 3 unspecified atom stereocenters. The lowest BCUT2D eigenvalue weighted by Gasteiger charge is -2.48. The summed E-state index contributed by atoms with van der Waals surface area (Å²) >= 11 is 0. The Bertz CT molecular complexity index is 256. The summed E-state index contributed by atoms with van der Waals surface area (Å²) in [6.07, 6.45) is 19.3. The van der Waals surface area contributed by atoms with Gasteiger partial charge in [-0.2, -0.15) is 0 Å². The molecule has 1 rings (SSSR count). The van der Waals surface area contributed by atoms with Crippen LogP contribution in [-0.2, 0) is 0 Å². The van der Waals surface area contributed by atoms with Gasteiger partial charge < -0.3 is 11.2 Å². The molecule has 1 saturated carbocycles. The molecule has 0 saturated heterocycles. The summed E-state index contributed by atoms with van der Waals surface area (Å²) in [6, 6.07) is 0.448. The van der Waals surface area contributed by atoms with Crippen molar-refractivity contribution < 1.29 is 5.48 Å². The van der Waals surface area contributed by atoms with Crippen molar-refractivity contribution >= 4 is 0 Å². The lowest BCUT2D eigenvalue weighted by atomic mass is 9.59. The maximum Gasteiger partial charge on any atom is 0.00981 e. The molecule has 22 heavy (non-hydrogen) atoms. The minimum Gasteiger partial charge on any atom is -0.412 e. The van der Waals surface area contributed by atoms with E-state index in [0.717, 1.165) is 5.92 Å². The van der Waals surface area contributed by atoms with Crippen LogP contribution >= 0.6 is 0 Å². The second-order valence-corrected chi connectivity index (χ2v) is 7.45. The Kier molecular flexibility index (Phi) is 12.3. The van der Waals surface area contributed by atoms with Crippen LogP contribution in [0.3, 0.4) is 0 Å². The van der Waals surface area contributed by atoms with E-state index in [1.807, 2.05) is 0 Å². The first-order valence-corrected chi connectivity index (χ1v) is 9.96. The second-order valence-electron chi connectivity index (χ2n) is 7.45. The van der Waals surface area contributed by atoms with Crippen molar-refractivity contribution in [2.45, 2.75) is 117 Å². The molecule has 4 N–H and O–H groups in total. The Labute approximate surface area is 139 Å². The fourth-order valence-electron chi connectivity index (χ4n) is 4.77. The maximum atomic E-state index is 6.72. The van der Waals surface area contributed by atoms with Crippen LogP contribution in [0.15, 0.2) is 0 Å². The molecular formula is C20H43NO. The summed E-state index contributed by atoms with van der Waals surface area (Å²) < 4.78 is 0. The predicted molar refractivity (Wildman–Crippen MR) is 99.2 cm³/mol. The molecule has 2 heteroatoms. The molecular weight excluding hydrogens is 270 g/mol. The van der Waals surface area contributed by atoms with Crippen molar-refractivity contribution in [2.24, 2.45) is 17.1 Å². The number of hydrogen-bond acceptors (Lipinski definition) is 1. The summed E-state index contributed by atoms with van der Waals surface area (Å²) in [5.74, 6) is 0.885. The highest BCUT2D eigenvalue weighted by Crippen LogP contribution is 2.48. The van der Waals surface area contributed by atoms with Crippen LogP contribution in [0.25, 0.3) is 0 Å². The van der Waals surface area contributed by atoms with Gasteiger partial charge in [-0.3, -0.25) is 0 Å². The highest BCUT2D eigenvalue weighted by Gasteiger charge is 2.42. The summed E-state index contributed by atoms with van der Waals surface area (Å²) in [7, 11) is 0. The van der Waals surface area contributed by atoms with Crippen molar-refractivity contribution in [1.29, 1.82) is 0 Å². The molecule has 0 bridgehead atoms. The lowest BCUT2D eigenvalue weighted by molar-refractivity contribution is 0.0494. The fraction of sp³-hybridized carbons (Fsp3) is 1.00. The van der Waals surface area contributed by atoms with Gasteiger partial charge in [0, 0.05) is 6.04 Å². The highest BCUT2D eigenvalue weighted by atomic mass is 16.0. The molecule has 0 amide bonds. The summed E-state index contributed by atoms with van der Waals surface area (Å²) in [4.78, 5) is 0. The van der Waals surface area contributed by atoms with Crippen LogP contribution in [0.1, 0.15) is 111 Å².